The van der Waals surface area contributed by atoms with Crippen molar-refractivity contribution in [2.24, 2.45) is 0 Å². The van der Waals surface area contributed by atoms with Crippen molar-refractivity contribution >= 4 is 33.3 Å². The minimum absolute atomic E-state index is 0.0704. The highest BCUT2D eigenvalue weighted by atomic mass is 79.9. The summed E-state index contributed by atoms with van der Waals surface area (Å²) in [5.41, 5.74) is 8.33. The zero-order chi connectivity index (χ0) is 14.7. The molecule has 0 amide bonds. The molecule has 0 saturated heterocycles. The van der Waals surface area contributed by atoms with Crippen LogP contribution in [0.1, 0.15) is 28.9 Å². The normalized spacial score (nSPS) is 11.9. The Kier molecular flexibility index (Phi) is 4.29. The summed E-state index contributed by atoms with van der Waals surface area (Å²) in [7, 11) is 0. The van der Waals surface area contributed by atoms with E-state index in [0.29, 0.717) is 5.69 Å². The number of rotatable bonds is 4. The van der Waals surface area contributed by atoms with E-state index in [1.165, 1.54) is 12.1 Å². The van der Waals surface area contributed by atoms with Gasteiger partial charge in [-0.15, -0.1) is 0 Å². The van der Waals surface area contributed by atoms with Gasteiger partial charge in [0.1, 0.15) is 0 Å². The average Bonchev–Trinajstić information content (AvgIpc) is 2.41. The molecule has 20 heavy (non-hydrogen) atoms. The molecule has 0 saturated carbocycles. The average molecular weight is 335 g/mol. The molecule has 0 radical (unpaired) electrons. The topological polar surface area (TPSA) is 75.3 Å². The first-order chi connectivity index (χ1) is 9.47. The van der Waals surface area contributed by atoms with E-state index in [9.17, 15) is 4.79 Å². The van der Waals surface area contributed by atoms with Crippen LogP contribution in [0.3, 0.4) is 0 Å². The Morgan fingerprint density at radius 1 is 1.25 bits per heavy atom. The summed E-state index contributed by atoms with van der Waals surface area (Å²) in [5.74, 6) is -0.982. The predicted molar refractivity (Wildman–Crippen MR) is 84.0 cm³/mol. The fraction of sp³-hybridized carbons (Fsp3) is 0.133. The van der Waals surface area contributed by atoms with Gasteiger partial charge in [-0.3, -0.25) is 0 Å². The van der Waals surface area contributed by atoms with E-state index in [1.807, 2.05) is 31.2 Å². The van der Waals surface area contributed by atoms with Crippen molar-refractivity contribution in [2.75, 3.05) is 11.1 Å². The van der Waals surface area contributed by atoms with E-state index in [2.05, 4.69) is 21.2 Å². The van der Waals surface area contributed by atoms with Crippen LogP contribution < -0.4 is 11.1 Å². The molecule has 1 unspecified atom stereocenters. The van der Waals surface area contributed by atoms with Crippen LogP contribution in [0.4, 0.5) is 11.4 Å². The third kappa shape index (κ3) is 3.30. The zero-order valence-corrected chi connectivity index (χ0v) is 12.5. The molecule has 2 rings (SSSR count). The molecule has 2 aromatic carbocycles. The van der Waals surface area contributed by atoms with Crippen LogP contribution in [0.25, 0.3) is 0 Å². The molecule has 1 atom stereocenters. The Morgan fingerprint density at radius 2 is 1.90 bits per heavy atom. The standard InChI is InChI=1S/C15H15BrN2O2/c1-9(10-2-5-12(16)6-3-10)18-14-7-4-11(15(19)20)8-13(14)17/h2-9,18H,17H2,1H3,(H,19,20). The second-order valence-electron chi connectivity index (χ2n) is 4.52. The van der Waals surface area contributed by atoms with Crippen LogP contribution in [-0.4, -0.2) is 11.1 Å². The highest BCUT2D eigenvalue weighted by Gasteiger charge is 2.10. The van der Waals surface area contributed by atoms with Gasteiger partial charge in [-0.1, -0.05) is 28.1 Å². The highest BCUT2D eigenvalue weighted by Crippen LogP contribution is 2.26. The van der Waals surface area contributed by atoms with Crippen LogP contribution in [-0.2, 0) is 0 Å². The second kappa shape index (κ2) is 5.96. The fourth-order valence-electron chi connectivity index (χ4n) is 1.90. The summed E-state index contributed by atoms with van der Waals surface area (Å²) in [5, 5.41) is 12.2. The predicted octanol–water partition coefficient (Wildman–Crippen LogP) is 3.90. The van der Waals surface area contributed by atoms with Crippen LogP contribution in [0.2, 0.25) is 0 Å². The molecule has 2 aromatic rings. The molecular weight excluding hydrogens is 320 g/mol. The third-order valence-electron chi connectivity index (χ3n) is 3.04. The van der Waals surface area contributed by atoms with Crippen molar-refractivity contribution in [1.82, 2.24) is 0 Å². The van der Waals surface area contributed by atoms with Gasteiger partial charge < -0.3 is 16.2 Å². The summed E-state index contributed by atoms with van der Waals surface area (Å²) in [6.45, 7) is 2.02. The van der Waals surface area contributed by atoms with Crippen molar-refractivity contribution in [1.29, 1.82) is 0 Å². The monoisotopic (exact) mass is 334 g/mol. The van der Waals surface area contributed by atoms with Crippen molar-refractivity contribution in [2.45, 2.75) is 13.0 Å². The van der Waals surface area contributed by atoms with Crippen LogP contribution in [0.15, 0.2) is 46.9 Å². The molecular formula is C15H15BrN2O2. The summed E-state index contributed by atoms with van der Waals surface area (Å²) < 4.78 is 1.03. The molecule has 0 aromatic heterocycles. The largest absolute Gasteiger partial charge is 0.478 e. The smallest absolute Gasteiger partial charge is 0.335 e. The molecule has 0 bridgehead atoms. The van der Waals surface area contributed by atoms with Crippen molar-refractivity contribution in [3.8, 4) is 0 Å². The summed E-state index contributed by atoms with van der Waals surface area (Å²) in [4.78, 5) is 10.9. The van der Waals surface area contributed by atoms with Gasteiger partial charge >= 0.3 is 5.97 Å². The Morgan fingerprint density at radius 3 is 2.45 bits per heavy atom. The summed E-state index contributed by atoms with van der Waals surface area (Å²) >= 11 is 3.40. The van der Waals surface area contributed by atoms with Gasteiger partial charge in [0.05, 0.1) is 16.9 Å². The lowest BCUT2D eigenvalue weighted by Gasteiger charge is -2.17. The molecule has 0 aliphatic heterocycles. The maximum atomic E-state index is 10.9. The SMILES string of the molecule is CC(Nc1ccc(C(=O)O)cc1N)c1ccc(Br)cc1. The van der Waals surface area contributed by atoms with Crippen molar-refractivity contribution < 1.29 is 9.90 Å². The number of hydrogen-bond donors (Lipinski definition) is 3. The molecule has 4 N–H and O–H groups in total. The van der Waals surface area contributed by atoms with Gasteiger partial charge in [-0.25, -0.2) is 4.79 Å². The van der Waals surface area contributed by atoms with Gasteiger partial charge in [-0.05, 0) is 42.8 Å². The third-order valence-corrected chi connectivity index (χ3v) is 3.57. The lowest BCUT2D eigenvalue weighted by molar-refractivity contribution is 0.0697. The number of carboxylic acid groups (broad SMARTS) is 1. The van der Waals surface area contributed by atoms with Gasteiger partial charge in [0.2, 0.25) is 0 Å². The van der Waals surface area contributed by atoms with Gasteiger partial charge in [0.15, 0.2) is 0 Å². The van der Waals surface area contributed by atoms with Crippen LogP contribution >= 0.6 is 15.9 Å². The number of anilines is 2. The number of carbonyl (C=O) groups is 1. The molecule has 5 heteroatoms. The lowest BCUT2D eigenvalue weighted by Crippen LogP contribution is -2.09. The number of hydrogen-bond acceptors (Lipinski definition) is 3. The number of nitrogens with one attached hydrogen (secondary N) is 1. The van der Waals surface area contributed by atoms with E-state index < -0.39 is 5.97 Å². The van der Waals surface area contributed by atoms with E-state index in [4.69, 9.17) is 10.8 Å². The molecule has 0 aliphatic carbocycles. The fourth-order valence-corrected chi connectivity index (χ4v) is 2.16. The quantitative estimate of drug-likeness (QED) is 0.741. The van der Waals surface area contributed by atoms with Gasteiger partial charge in [0, 0.05) is 10.5 Å². The Bertz CT molecular complexity index is 626. The first kappa shape index (κ1) is 14.4. The van der Waals surface area contributed by atoms with Gasteiger partial charge in [0.25, 0.3) is 0 Å². The number of halogens is 1. The van der Waals surface area contributed by atoms with Crippen molar-refractivity contribution in [3.05, 3.63) is 58.1 Å². The maximum Gasteiger partial charge on any atom is 0.335 e. The number of carboxylic acids is 1. The molecule has 0 fully saturated rings. The van der Waals surface area contributed by atoms with Crippen LogP contribution in [0.5, 0.6) is 0 Å². The Labute approximate surface area is 125 Å². The van der Waals surface area contributed by atoms with E-state index >= 15 is 0 Å². The summed E-state index contributed by atoms with van der Waals surface area (Å²) in [6.07, 6.45) is 0. The summed E-state index contributed by atoms with van der Waals surface area (Å²) in [6, 6.07) is 12.7. The Hall–Kier alpha value is -2.01. The van der Waals surface area contributed by atoms with Gasteiger partial charge in [-0.2, -0.15) is 0 Å². The zero-order valence-electron chi connectivity index (χ0n) is 10.9. The first-order valence-electron chi connectivity index (χ1n) is 6.12. The minimum Gasteiger partial charge on any atom is -0.478 e. The Balaban J connectivity index is 2.17. The second-order valence-corrected chi connectivity index (χ2v) is 5.44. The molecule has 4 nitrogen and oxygen atoms in total. The molecule has 104 valence electrons. The number of nitrogen functional groups attached to an aromatic ring is 1. The number of nitrogens with two attached hydrogens (primary N) is 1. The molecule has 0 aliphatic rings. The first-order valence-corrected chi connectivity index (χ1v) is 6.91. The molecule has 0 heterocycles. The van der Waals surface area contributed by atoms with E-state index in [1.54, 1.807) is 6.07 Å². The number of benzene rings is 2. The van der Waals surface area contributed by atoms with E-state index in [0.717, 1.165) is 15.7 Å². The van der Waals surface area contributed by atoms with Crippen molar-refractivity contribution in [3.63, 3.8) is 0 Å². The number of aromatic carboxylic acids is 1. The van der Waals surface area contributed by atoms with Crippen LogP contribution in [0, 0.1) is 0 Å². The lowest BCUT2D eigenvalue weighted by atomic mass is 10.1. The molecule has 0 spiro atoms. The van der Waals surface area contributed by atoms with E-state index in [-0.39, 0.29) is 11.6 Å². The minimum atomic E-state index is -0.982. The highest BCUT2D eigenvalue weighted by molar-refractivity contribution is 9.10. The maximum absolute atomic E-state index is 10.9.